The van der Waals surface area contributed by atoms with E-state index in [0.717, 1.165) is 37.3 Å². The van der Waals surface area contributed by atoms with Gasteiger partial charge in [-0.1, -0.05) is 0 Å². The monoisotopic (exact) mass is 222 g/mol. The summed E-state index contributed by atoms with van der Waals surface area (Å²) in [5.74, 6) is 0.862. The summed E-state index contributed by atoms with van der Waals surface area (Å²) in [6.45, 7) is 3.96. The zero-order chi connectivity index (χ0) is 11.6. The largest absolute Gasteiger partial charge is 0.390 e. The van der Waals surface area contributed by atoms with Gasteiger partial charge in [0.05, 0.1) is 11.8 Å². The summed E-state index contributed by atoms with van der Waals surface area (Å²) in [4.78, 5) is 2.15. The van der Waals surface area contributed by atoms with E-state index in [1.807, 2.05) is 13.0 Å². The average molecular weight is 222 g/mol. The third-order valence-electron chi connectivity index (χ3n) is 3.14. The number of nitrogens with zero attached hydrogens (tertiary/aromatic N) is 3. The summed E-state index contributed by atoms with van der Waals surface area (Å²) < 4.78 is 0. The molecule has 1 fully saturated rings. The normalized spacial score (nSPS) is 19.8. The van der Waals surface area contributed by atoms with Crippen LogP contribution in [0.4, 0.5) is 5.82 Å². The molecule has 0 bridgehead atoms. The van der Waals surface area contributed by atoms with Crippen LogP contribution in [0.1, 0.15) is 25.3 Å². The van der Waals surface area contributed by atoms with Crippen molar-refractivity contribution in [2.75, 3.05) is 18.0 Å². The van der Waals surface area contributed by atoms with E-state index in [0.29, 0.717) is 6.54 Å². The Labute approximate surface area is 95.3 Å². The van der Waals surface area contributed by atoms with Gasteiger partial charge >= 0.3 is 0 Å². The molecule has 0 atom stereocenters. The molecule has 0 aromatic carbocycles. The summed E-state index contributed by atoms with van der Waals surface area (Å²) in [5, 5.41) is 17.9. The van der Waals surface area contributed by atoms with Gasteiger partial charge in [-0.25, -0.2) is 0 Å². The Morgan fingerprint density at radius 3 is 2.81 bits per heavy atom. The number of aliphatic hydroxyl groups is 1. The number of hydrogen-bond donors (Lipinski definition) is 2. The van der Waals surface area contributed by atoms with E-state index < -0.39 is 5.60 Å². The van der Waals surface area contributed by atoms with Crippen LogP contribution in [-0.4, -0.2) is 34.0 Å². The van der Waals surface area contributed by atoms with Crippen LogP contribution in [0.15, 0.2) is 12.3 Å². The molecule has 1 aromatic rings. The zero-order valence-electron chi connectivity index (χ0n) is 9.56. The highest BCUT2D eigenvalue weighted by atomic mass is 16.3. The van der Waals surface area contributed by atoms with Gasteiger partial charge in [-0.2, -0.15) is 5.10 Å². The Morgan fingerprint density at radius 1 is 1.50 bits per heavy atom. The molecule has 0 spiro atoms. The Bertz CT molecular complexity index is 357. The molecule has 1 saturated heterocycles. The van der Waals surface area contributed by atoms with Crippen LogP contribution in [0.2, 0.25) is 0 Å². The van der Waals surface area contributed by atoms with Crippen LogP contribution in [0.3, 0.4) is 0 Å². The molecular weight excluding hydrogens is 204 g/mol. The van der Waals surface area contributed by atoms with Crippen molar-refractivity contribution in [1.29, 1.82) is 0 Å². The van der Waals surface area contributed by atoms with Crippen molar-refractivity contribution in [2.45, 2.75) is 31.9 Å². The first-order valence-electron chi connectivity index (χ1n) is 5.60. The molecule has 1 aliphatic heterocycles. The zero-order valence-corrected chi connectivity index (χ0v) is 9.56. The number of piperidine rings is 1. The van der Waals surface area contributed by atoms with Gasteiger partial charge in [-0.05, 0) is 25.8 Å². The van der Waals surface area contributed by atoms with E-state index in [9.17, 15) is 5.11 Å². The molecule has 3 N–H and O–H groups in total. The van der Waals surface area contributed by atoms with Crippen molar-refractivity contribution in [2.24, 2.45) is 5.73 Å². The molecule has 0 aliphatic carbocycles. The molecule has 0 amide bonds. The lowest BCUT2D eigenvalue weighted by Crippen LogP contribution is -2.43. The first kappa shape index (κ1) is 11.3. The number of anilines is 1. The Morgan fingerprint density at radius 2 is 2.19 bits per heavy atom. The van der Waals surface area contributed by atoms with Crippen molar-refractivity contribution in [3.8, 4) is 0 Å². The lowest BCUT2D eigenvalue weighted by molar-refractivity contribution is 0.0349. The lowest BCUT2D eigenvalue weighted by Gasteiger charge is -2.36. The third-order valence-corrected chi connectivity index (χ3v) is 3.14. The second-order valence-corrected chi connectivity index (χ2v) is 4.57. The quantitative estimate of drug-likeness (QED) is 0.752. The third kappa shape index (κ3) is 2.31. The van der Waals surface area contributed by atoms with Gasteiger partial charge in [0.15, 0.2) is 5.82 Å². The smallest absolute Gasteiger partial charge is 0.155 e. The maximum atomic E-state index is 9.88. The van der Waals surface area contributed by atoms with E-state index in [2.05, 4.69) is 15.1 Å². The number of aromatic nitrogens is 2. The molecule has 2 heterocycles. The topological polar surface area (TPSA) is 75.3 Å². The summed E-state index contributed by atoms with van der Waals surface area (Å²) in [7, 11) is 0. The first-order chi connectivity index (χ1) is 7.62. The predicted octanol–water partition coefficient (Wildman–Crippen LogP) is 0.287. The van der Waals surface area contributed by atoms with E-state index in [-0.39, 0.29) is 0 Å². The maximum absolute atomic E-state index is 9.88. The molecule has 2 rings (SSSR count). The van der Waals surface area contributed by atoms with Crippen LogP contribution in [0.25, 0.3) is 0 Å². The highest BCUT2D eigenvalue weighted by molar-refractivity contribution is 5.45. The minimum Gasteiger partial charge on any atom is -0.390 e. The highest BCUT2D eigenvalue weighted by Crippen LogP contribution is 2.25. The van der Waals surface area contributed by atoms with Crippen LogP contribution in [-0.2, 0) is 6.54 Å². The van der Waals surface area contributed by atoms with Gasteiger partial charge in [-0.15, -0.1) is 5.10 Å². The Hall–Kier alpha value is -1.20. The molecule has 0 radical (unpaired) electrons. The Balaban J connectivity index is 2.14. The number of rotatable bonds is 2. The molecule has 0 unspecified atom stereocenters. The lowest BCUT2D eigenvalue weighted by atomic mass is 9.94. The van der Waals surface area contributed by atoms with Gasteiger partial charge in [-0.3, -0.25) is 0 Å². The van der Waals surface area contributed by atoms with Crippen molar-refractivity contribution >= 4 is 5.82 Å². The average Bonchev–Trinajstić information content (AvgIpc) is 2.29. The van der Waals surface area contributed by atoms with Crippen molar-refractivity contribution in [1.82, 2.24) is 10.2 Å². The van der Waals surface area contributed by atoms with Crippen molar-refractivity contribution < 1.29 is 5.11 Å². The van der Waals surface area contributed by atoms with Gasteiger partial charge in [0.2, 0.25) is 0 Å². The summed E-state index contributed by atoms with van der Waals surface area (Å²) in [6, 6.07) is 1.90. The minimum absolute atomic E-state index is 0.470. The van der Waals surface area contributed by atoms with E-state index in [4.69, 9.17) is 5.73 Å². The number of nitrogens with two attached hydrogens (primary N) is 1. The second-order valence-electron chi connectivity index (χ2n) is 4.57. The molecule has 16 heavy (non-hydrogen) atoms. The molecule has 0 saturated carbocycles. The fraction of sp³-hybridized carbons (Fsp3) is 0.636. The van der Waals surface area contributed by atoms with Gasteiger partial charge in [0.1, 0.15) is 0 Å². The maximum Gasteiger partial charge on any atom is 0.155 e. The van der Waals surface area contributed by atoms with Crippen LogP contribution in [0.5, 0.6) is 0 Å². The molecular formula is C11H18N4O. The van der Waals surface area contributed by atoms with E-state index in [1.54, 1.807) is 6.20 Å². The highest BCUT2D eigenvalue weighted by Gasteiger charge is 2.28. The second kappa shape index (κ2) is 4.35. The molecule has 88 valence electrons. The fourth-order valence-electron chi connectivity index (χ4n) is 1.98. The van der Waals surface area contributed by atoms with Crippen molar-refractivity contribution in [3.63, 3.8) is 0 Å². The molecule has 5 heteroatoms. The van der Waals surface area contributed by atoms with Crippen LogP contribution >= 0.6 is 0 Å². The predicted molar refractivity (Wildman–Crippen MR) is 62.0 cm³/mol. The van der Waals surface area contributed by atoms with Gasteiger partial charge in [0, 0.05) is 25.2 Å². The van der Waals surface area contributed by atoms with Gasteiger partial charge in [0.25, 0.3) is 0 Å². The van der Waals surface area contributed by atoms with Crippen LogP contribution in [0, 0.1) is 0 Å². The molecule has 1 aromatic heterocycles. The number of hydrogen-bond acceptors (Lipinski definition) is 5. The van der Waals surface area contributed by atoms with Crippen molar-refractivity contribution in [3.05, 3.63) is 17.8 Å². The summed E-state index contributed by atoms with van der Waals surface area (Å²) >= 11 is 0. The van der Waals surface area contributed by atoms with Crippen LogP contribution < -0.4 is 10.6 Å². The molecule has 1 aliphatic rings. The Kier molecular flexibility index (Phi) is 3.07. The SMILES string of the molecule is CC1(O)CCN(c2nnccc2CN)CC1. The van der Waals surface area contributed by atoms with E-state index in [1.165, 1.54) is 0 Å². The minimum atomic E-state index is -0.540. The summed E-state index contributed by atoms with van der Waals surface area (Å²) in [6.07, 6.45) is 3.17. The molecule has 5 nitrogen and oxygen atoms in total. The van der Waals surface area contributed by atoms with Gasteiger partial charge < -0.3 is 15.7 Å². The first-order valence-corrected chi connectivity index (χ1v) is 5.60. The standard InChI is InChI=1S/C11H18N4O/c1-11(16)3-6-15(7-4-11)10-9(8-12)2-5-13-14-10/h2,5,16H,3-4,6-8,12H2,1H3. The van der Waals surface area contributed by atoms with E-state index >= 15 is 0 Å². The fourth-order valence-corrected chi connectivity index (χ4v) is 1.98. The summed E-state index contributed by atoms with van der Waals surface area (Å²) in [5.41, 5.74) is 6.14.